The number of nitrogens with two attached hydrogens (primary N) is 1. The van der Waals surface area contributed by atoms with Crippen molar-refractivity contribution in [1.82, 2.24) is 0 Å². The lowest BCUT2D eigenvalue weighted by Gasteiger charge is -2.27. The SMILES string of the molecule is NC(=O)c1cc(NC2CCCc3ccccc32)ccc1Cl. The molecule has 1 unspecified atom stereocenters. The Balaban J connectivity index is 1.88. The fourth-order valence-corrected chi connectivity index (χ4v) is 3.12. The number of halogens is 1. The van der Waals surface area contributed by atoms with E-state index in [1.807, 2.05) is 6.07 Å². The van der Waals surface area contributed by atoms with Crippen molar-refractivity contribution in [1.29, 1.82) is 0 Å². The number of anilines is 1. The van der Waals surface area contributed by atoms with Crippen LogP contribution in [0.3, 0.4) is 0 Å². The lowest BCUT2D eigenvalue weighted by Crippen LogP contribution is -2.18. The van der Waals surface area contributed by atoms with Crippen molar-refractivity contribution in [3.63, 3.8) is 0 Å². The van der Waals surface area contributed by atoms with Gasteiger partial charge in [-0.15, -0.1) is 0 Å². The van der Waals surface area contributed by atoms with Gasteiger partial charge in [-0.1, -0.05) is 35.9 Å². The van der Waals surface area contributed by atoms with Crippen LogP contribution in [0.2, 0.25) is 5.02 Å². The minimum absolute atomic E-state index is 0.261. The summed E-state index contributed by atoms with van der Waals surface area (Å²) in [5.74, 6) is -0.507. The Morgan fingerprint density at radius 2 is 2.05 bits per heavy atom. The molecule has 1 amide bonds. The molecule has 2 aromatic carbocycles. The zero-order valence-corrected chi connectivity index (χ0v) is 12.4. The molecule has 0 bridgehead atoms. The van der Waals surface area contributed by atoms with Crippen LogP contribution in [0.15, 0.2) is 42.5 Å². The first kappa shape index (κ1) is 14.0. The molecule has 108 valence electrons. The molecular formula is C17H17ClN2O. The van der Waals surface area contributed by atoms with E-state index >= 15 is 0 Å². The smallest absolute Gasteiger partial charge is 0.250 e. The van der Waals surface area contributed by atoms with Crippen molar-refractivity contribution in [2.75, 3.05) is 5.32 Å². The van der Waals surface area contributed by atoms with Gasteiger partial charge in [-0.25, -0.2) is 0 Å². The van der Waals surface area contributed by atoms with Crippen LogP contribution in [0.4, 0.5) is 5.69 Å². The molecule has 1 atom stereocenters. The van der Waals surface area contributed by atoms with E-state index in [0.29, 0.717) is 10.6 Å². The van der Waals surface area contributed by atoms with Crippen molar-refractivity contribution >= 4 is 23.2 Å². The van der Waals surface area contributed by atoms with Crippen LogP contribution in [0.5, 0.6) is 0 Å². The second-order valence-corrected chi connectivity index (χ2v) is 5.75. The van der Waals surface area contributed by atoms with Gasteiger partial charge in [-0.2, -0.15) is 0 Å². The largest absolute Gasteiger partial charge is 0.378 e. The minimum Gasteiger partial charge on any atom is -0.378 e. The number of fused-ring (bicyclic) bond motifs is 1. The van der Waals surface area contributed by atoms with E-state index in [1.54, 1.807) is 12.1 Å². The Morgan fingerprint density at radius 3 is 2.86 bits per heavy atom. The molecule has 2 aromatic rings. The number of benzene rings is 2. The Morgan fingerprint density at radius 1 is 1.24 bits per heavy atom. The van der Waals surface area contributed by atoms with Gasteiger partial charge >= 0.3 is 0 Å². The quantitative estimate of drug-likeness (QED) is 0.902. The van der Waals surface area contributed by atoms with E-state index in [4.69, 9.17) is 17.3 Å². The maximum Gasteiger partial charge on any atom is 0.250 e. The molecule has 4 heteroatoms. The third-order valence-corrected chi connectivity index (χ3v) is 4.27. The Kier molecular flexibility index (Phi) is 3.84. The van der Waals surface area contributed by atoms with E-state index in [9.17, 15) is 4.79 Å². The van der Waals surface area contributed by atoms with Crippen LogP contribution in [0, 0.1) is 0 Å². The van der Waals surface area contributed by atoms with E-state index in [-0.39, 0.29) is 6.04 Å². The summed E-state index contributed by atoms with van der Waals surface area (Å²) < 4.78 is 0. The number of nitrogens with one attached hydrogen (secondary N) is 1. The maximum absolute atomic E-state index is 11.4. The predicted molar refractivity (Wildman–Crippen MR) is 85.7 cm³/mol. The van der Waals surface area contributed by atoms with Crippen molar-refractivity contribution in [3.05, 3.63) is 64.2 Å². The van der Waals surface area contributed by atoms with Crippen LogP contribution in [-0.4, -0.2) is 5.91 Å². The molecule has 21 heavy (non-hydrogen) atoms. The fraction of sp³-hybridized carbons (Fsp3) is 0.235. The molecule has 0 saturated carbocycles. The highest BCUT2D eigenvalue weighted by atomic mass is 35.5. The van der Waals surface area contributed by atoms with Crippen molar-refractivity contribution in [3.8, 4) is 0 Å². The van der Waals surface area contributed by atoms with Gasteiger partial charge in [0.05, 0.1) is 16.6 Å². The van der Waals surface area contributed by atoms with Gasteiger partial charge in [0.1, 0.15) is 0 Å². The Hall–Kier alpha value is -2.00. The molecule has 3 rings (SSSR count). The maximum atomic E-state index is 11.4. The highest BCUT2D eigenvalue weighted by Gasteiger charge is 2.20. The predicted octanol–water partition coefficient (Wildman–Crippen LogP) is 3.93. The first-order valence-electron chi connectivity index (χ1n) is 7.09. The van der Waals surface area contributed by atoms with E-state index in [0.717, 1.165) is 24.9 Å². The summed E-state index contributed by atoms with van der Waals surface area (Å²) in [6.07, 6.45) is 3.36. The number of hydrogen-bond acceptors (Lipinski definition) is 2. The third kappa shape index (κ3) is 2.88. The topological polar surface area (TPSA) is 55.1 Å². The monoisotopic (exact) mass is 300 g/mol. The molecule has 0 heterocycles. The van der Waals surface area contributed by atoms with Gasteiger partial charge in [0.25, 0.3) is 0 Å². The van der Waals surface area contributed by atoms with Gasteiger partial charge in [-0.3, -0.25) is 4.79 Å². The molecule has 0 aliphatic heterocycles. The molecule has 3 N–H and O–H groups in total. The number of primary amides is 1. The number of carbonyl (C=O) groups excluding carboxylic acids is 1. The molecule has 0 spiro atoms. The van der Waals surface area contributed by atoms with Gasteiger partial charge in [0.2, 0.25) is 5.91 Å². The van der Waals surface area contributed by atoms with Gasteiger partial charge in [0.15, 0.2) is 0 Å². The summed E-state index contributed by atoms with van der Waals surface area (Å²) in [4.78, 5) is 11.4. The fourth-order valence-electron chi connectivity index (χ4n) is 2.91. The van der Waals surface area contributed by atoms with E-state index in [2.05, 4.69) is 29.6 Å². The normalized spacial score (nSPS) is 17.1. The zero-order valence-electron chi connectivity index (χ0n) is 11.6. The van der Waals surface area contributed by atoms with Gasteiger partial charge in [0, 0.05) is 5.69 Å². The number of carbonyl (C=O) groups is 1. The average molecular weight is 301 g/mol. The number of amides is 1. The highest BCUT2D eigenvalue weighted by molar-refractivity contribution is 6.33. The standard InChI is InChI=1S/C17H17ClN2O/c18-15-9-8-12(10-14(15)17(19)21)20-16-7-3-5-11-4-1-2-6-13(11)16/h1-2,4,6,8-10,16,20H,3,5,7H2,(H2,19,21). The van der Waals surface area contributed by atoms with Crippen LogP contribution in [-0.2, 0) is 6.42 Å². The molecule has 0 saturated heterocycles. The number of rotatable bonds is 3. The summed E-state index contributed by atoms with van der Waals surface area (Å²) in [5.41, 5.74) is 9.29. The summed E-state index contributed by atoms with van der Waals surface area (Å²) in [6.45, 7) is 0. The number of hydrogen-bond donors (Lipinski definition) is 2. The summed E-state index contributed by atoms with van der Waals surface area (Å²) in [7, 11) is 0. The van der Waals surface area contributed by atoms with Crippen LogP contribution in [0.1, 0.15) is 40.4 Å². The first-order valence-corrected chi connectivity index (χ1v) is 7.46. The Bertz CT molecular complexity index is 684. The van der Waals surface area contributed by atoms with E-state index in [1.165, 1.54) is 11.1 Å². The summed E-state index contributed by atoms with van der Waals surface area (Å²) in [6, 6.07) is 14.1. The average Bonchev–Trinajstić information content (AvgIpc) is 2.49. The summed E-state index contributed by atoms with van der Waals surface area (Å²) >= 11 is 5.99. The van der Waals surface area contributed by atoms with Crippen molar-refractivity contribution in [2.24, 2.45) is 5.73 Å². The van der Waals surface area contributed by atoms with E-state index < -0.39 is 5.91 Å². The Labute approximate surface area is 129 Å². The molecule has 0 aromatic heterocycles. The molecule has 0 radical (unpaired) electrons. The highest BCUT2D eigenvalue weighted by Crippen LogP contribution is 2.33. The van der Waals surface area contributed by atoms with Gasteiger partial charge < -0.3 is 11.1 Å². The lowest BCUT2D eigenvalue weighted by atomic mass is 9.87. The molecular weight excluding hydrogens is 284 g/mol. The second kappa shape index (κ2) is 5.78. The van der Waals surface area contributed by atoms with Crippen LogP contribution >= 0.6 is 11.6 Å². The zero-order chi connectivity index (χ0) is 14.8. The molecule has 1 aliphatic rings. The molecule has 3 nitrogen and oxygen atoms in total. The second-order valence-electron chi connectivity index (χ2n) is 5.35. The summed E-state index contributed by atoms with van der Waals surface area (Å²) in [5, 5.41) is 3.88. The van der Waals surface area contributed by atoms with Crippen molar-refractivity contribution in [2.45, 2.75) is 25.3 Å². The minimum atomic E-state index is -0.507. The third-order valence-electron chi connectivity index (χ3n) is 3.94. The van der Waals surface area contributed by atoms with Crippen molar-refractivity contribution < 1.29 is 4.79 Å². The van der Waals surface area contributed by atoms with Crippen LogP contribution in [0.25, 0.3) is 0 Å². The molecule has 1 aliphatic carbocycles. The lowest BCUT2D eigenvalue weighted by molar-refractivity contribution is 0.100. The number of aryl methyl sites for hydroxylation is 1. The van der Waals surface area contributed by atoms with Crippen LogP contribution < -0.4 is 11.1 Å². The molecule has 0 fully saturated rings. The van der Waals surface area contributed by atoms with Gasteiger partial charge in [-0.05, 0) is 48.6 Å². The first-order chi connectivity index (χ1) is 10.1.